The third kappa shape index (κ3) is 3.69. The van der Waals surface area contributed by atoms with Crippen molar-refractivity contribution in [1.29, 1.82) is 0 Å². The van der Waals surface area contributed by atoms with Crippen LogP contribution in [0.25, 0.3) is 0 Å². The molecule has 22 heavy (non-hydrogen) atoms. The van der Waals surface area contributed by atoms with Crippen LogP contribution in [0.2, 0.25) is 5.02 Å². The number of hydrogen-bond donors (Lipinski definition) is 1. The van der Waals surface area contributed by atoms with Gasteiger partial charge in [0.15, 0.2) is 0 Å². The third-order valence-corrected chi connectivity index (χ3v) is 4.05. The van der Waals surface area contributed by atoms with Crippen LogP contribution in [0.3, 0.4) is 0 Å². The van der Waals surface area contributed by atoms with Crippen molar-refractivity contribution < 1.29 is 13.9 Å². The van der Waals surface area contributed by atoms with Gasteiger partial charge in [-0.1, -0.05) is 17.7 Å². The second-order valence-corrected chi connectivity index (χ2v) is 6.15. The molecule has 2 rings (SSSR count). The van der Waals surface area contributed by atoms with E-state index < -0.39 is 21.6 Å². The summed E-state index contributed by atoms with van der Waals surface area (Å²) in [5.74, 6) is -0.462. The molecule has 0 spiro atoms. The standard InChI is InChI=1S/C14H11ClN2O4S/c1-22(21)11-4-2-3-10(8-11)16-14(18)9-5-6-13(17(19)20)12(15)7-9/h2-8H,1H3,(H,16,18)/t22-/m0/s1. The van der Waals surface area contributed by atoms with E-state index in [4.69, 9.17) is 11.6 Å². The van der Waals surface area contributed by atoms with E-state index in [2.05, 4.69) is 5.32 Å². The highest BCUT2D eigenvalue weighted by molar-refractivity contribution is 7.84. The highest BCUT2D eigenvalue weighted by atomic mass is 35.5. The van der Waals surface area contributed by atoms with E-state index in [1.807, 2.05) is 0 Å². The number of nitrogens with one attached hydrogen (secondary N) is 1. The van der Waals surface area contributed by atoms with Gasteiger partial charge in [0, 0.05) is 39.3 Å². The summed E-state index contributed by atoms with van der Waals surface area (Å²) in [6.07, 6.45) is 1.54. The van der Waals surface area contributed by atoms with Gasteiger partial charge in [0.05, 0.1) is 4.92 Å². The number of carbonyl (C=O) groups is 1. The van der Waals surface area contributed by atoms with Crippen molar-refractivity contribution in [3.8, 4) is 0 Å². The predicted octanol–water partition coefficient (Wildman–Crippen LogP) is 3.24. The topological polar surface area (TPSA) is 89.3 Å². The zero-order valence-corrected chi connectivity index (χ0v) is 13.0. The van der Waals surface area contributed by atoms with E-state index in [9.17, 15) is 19.1 Å². The Bertz CT molecular complexity index is 779. The molecule has 0 saturated heterocycles. The molecule has 0 aromatic heterocycles. The number of amides is 1. The number of nitro benzene ring substituents is 1. The molecule has 0 saturated carbocycles. The lowest BCUT2D eigenvalue weighted by Crippen LogP contribution is -2.12. The van der Waals surface area contributed by atoms with Crippen molar-refractivity contribution in [3.63, 3.8) is 0 Å². The van der Waals surface area contributed by atoms with Gasteiger partial charge in [-0.2, -0.15) is 0 Å². The maximum atomic E-state index is 12.1. The Kier molecular flexibility index (Phi) is 4.89. The summed E-state index contributed by atoms with van der Waals surface area (Å²) >= 11 is 5.78. The minimum Gasteiger partial charge on any atom is -0.322 e. The first-order valence-corrected chi connectivity index (χ1v) is 8.01. The van der Waals surface area contributed by atoms with E-state index in [1.165, 1.54) is 24.5 Å². The molecular weight excluding hydrogens is 328 g/mol. The molecule has 0 heterocycles. The molecular formula is C14H11ClN2O4S. The fourth-order valence-corrected chi connectivity index (χ4v) is 2.56. The smallest absolute Gasteiger partial charge is 0.287 e. The van der Waals surface area contributed by atoms with Crippen LogP contribution in [0.5, 0.6) is 0 Å². The number of anilines is 1. The number of hydrogen-bond acceptors (Lipinski definition) is 4. The fraction of sp³-hybridized carbons (Fsp3) is 0.0714. The first kappa shape index (κ1) is 16.1. The summed E-state index contributed by atoms with van der Waals surface area (Å²) < 4.78 is 11.4. The van der Waals surface area contributed by atoms with Crippen molar-refractivity contribution >= 4 is 39.7 Å². The van der Waals surface area contributed by atoms with Crippen LogP contribution < -0.4 is 5.32 Å². The van der Waals surface area contributed by atoms with Gasteiger partial charge in [-0.15, -0.1) is 0 Å². The van der Waals surface area contributed by atoms with Crippen LogP contribution in [-0.4, -0.2) is 21.3 Å². The minimum absolute atomic E-state index is 0.110. The minimum atomic E-state index is -1.16. The highest BCUT2D eigenvalue weighted by Crippen LogP contribution is 2.25. The van der Waals surface area contributed by atoms with Crippen molar-refractivity contribution in [2.75, 3.05) is 11.6 Å². The Morgan fingerprint density at radius 3 is 2.59 bits per heavy atom. The Labute approximate surface area is 133 Å². The summed E-state index contributed by atoms with van der Waals surface area (Å²) in [5.41, 5.74) is 0.410. The van der Waals surface area contributed by atoms with Gasteiger partial charge in [-0.3, -0.25) is 19.1 Å². The van der Waals surface area contributed by atoms with Crippen molar-refractivity contribution in [2.45, 2.75) is 4.90 Å². The SMILES string of the molecule is C[S@](=O)c1cccc(NC(=O)c2ccc([N+](=O)[O-])c(Cl)c2)c1. The normalized spacial score (nSPS) is 11.7. The van der Waals surface area contributed by atoms with E-state index in [-0.39, 0.29) is 16.3 Å². The Hall–Kier alpha value is -2.25. The molecule has 0 aliphatic carbocycles. The summed E-state index contributed by atoms with van der Waals surface area (Å²) in [4.78, 5) is 22.8. The van der Waals surface area contributed by atoms with Crippen molar-refractivity contribution in [1.82, 2.24) is 0 Å². The molecule has 1 N–H and O–H groups in total. The second-order valence-electron chi connectivity index (χ2n) is 4.36. The molecule has 0 bridgehead atoms. The Morgan fingerprint density at radius 1 is 1.27 bits per heavy atom. The van der Waals surface area contributed by atoms with Crippen LogP contribution in [0.1, 0.15) is 10.4 Å². The van der Waals surface area contributed by atoms with E-state index in [0.29, 0.717) is 10.6 Å². The molecule has 1 atom stereocenters. The molecule has 0 aliphatic rings. The van der Waals surface area contributed by atoms with Gasteiger partial charge in [-0.25, -0.2) is 0 Å². The zero-order valence-electron chi connectivity index (χ0n) is 11.4. The van der Waals surface area contributed by atoms with E-state index >= 15 is 0 Å². The average molecular weight is 339 g/mol. The van der Waals surface area contributed by atoms with Crippen LogP contribution in [-0.2, 0) is 10.8 Å². The highest BCUT2D eigenvalue weighted by Gasteiger charge is 2.15. The van der Waals surface area contributed by atoms with Crippen LogP contribution in [0, 0.1) is 10.1 Å². The van der Waals surface area contributed by atoms with Crippen molar-refractivity contribution in [2.24, 2.45) is 0 Å². The molecule has 8 heteroatoms. The van der Waals surface area contributed by atoms with Gasteiger partial charge in [0.1, 0.15) is 5.02 Å². The molecule has 114 valence electrons. The number of halogens is 1. The second kappa shape index (κ2) is 6.67. The maximum Gasteiger partial charge on any atom is 0.287 e. The summed E-state index contributed by atoms with van der Waals surface area (Å²) in [6, 6.07) is 10.3. The lowest BCUT2D eigenvalue weighted by Gasteiger charge is -2.07. The molecule has 2 aromatic rings. The number of carbonyl (C=O) groups excluding carboxylic acids is 1. The maximum absolute atomic E-state index is 12.1. The zero-order chi connectivity index (χ0) is 16.3. The fourth-order valence-electron chi connectivity index (χ4n) is 1.75. The lowest BCUT2D eigenvalue weighted by atomic mass is 10.2. The molecule has 0 unspecified atom stereocenters. The van der Waals surface area contributed by atoms with Crippen LogP contribution in [0.4, 0.5) is 11.4 Å². The predicted molar refractivity (Wildman–Crippen MR) is 84.8 cm³/mol. The molecule has 6 nitrogen and oxygen atoms in total. The van der Waals surface area contributed by atoms with Gasteiger partial charge in [0.2, 0.25) is 0 Å². The monoisotopic (exact) mass is 338 g/mol. The molecule has 0 aliphatic heterocycles. The van der Waals surface area contributed by atoms with Crippen LogP contribution >= 0.6 is 11.6 Å². The number of nitro groups is 1. The third-order valence-electron chi connectivity index (χ3n) is 2.83. The number of rotatable bonds is 4. The van der Waals surface area contributed by atoms with Gasteiger partial charge in [-0.05, 0) is 30.3 Å². The van der Waals surface area contributed by atoms with E-state index in [0.717, 1.165) is 0 Å². The quantitative estimate of drug-likeness (QED) is 0.684. The van der Waals surface area contributed by atoms with Gasteiger partial charge < -0.3 is 5.32 Å². The average Bonchev–Trinajstić information content (AvgIpc) is 2.46. The number of benzene rings is 2. The Morgan fingerprint density at radius 2 is 2.00 bits per heavy atom. The summed E-state index contributed by atoms with van der Waals surface area (Å²) in [6.45, 7) is 0. The first-order chi connectivity index (χ1) is 10.4. The summed E-state index contributed by atoms with van der Waals surface area (Å²) in [7, 11) is -1.16. The number of nitrogens with zero attached hydrogens (tertiary/aromatic N) is 1. The van der Waals surface area contributed by atoms with Gasteiger partial charge in [0.25, 0.3) is 11.6 Å². The van der Waals surface area contributed by atoms with E-state index in [1.54, 1.807) is 24.3 Å². The summed E-state index contributed by atoms with van der Waals surface area (Å²) in [5, 5.41) is 13.2. The van der Waals surface area contributed by atoms with Gasteiger partial charge >= 0.3 is 0 Å². The largest absolute Gasteiger partial charge is 0.322 e. The van der Waals surface area contributed by atoms with Crippen LogP contribution in [0.15, 0.2) is 47.4 Å². The Balaban J connectivity index is 2.22. The first-order valence-electron chi connectivity index (χ1n) is 6.07. The molecule has 1 amide bonds. The van der Waals surface area contributed by atoms with Crippen molar-refractivity contribution in [3.05, 3.63) is 63.2 Å². The lowest BCUT2D eigenvalue weighted by molar-refractivity contribution is -0.384. The molecule has 2 aromatic carbocycles. The molecule has 0 radical (unpaired) electrons. The molecule has 0 fully saturated rings.